The quantitative estimate of drug-likeness (QED) is 0.903. The minimum absolute atomic E-state index is 0.361. The number of nitriles is 1. The number of hydrogen-bond acceptors (Lipinski definition) is 3. The van der Waals surface area contributed by atoms with Crippen molar-refractivity contribution in [3.63, 3.8) is 0 Å². The average Bonchev–Trinajstić information content (AvgIpc) is 2.44. The first kappa shape index (κ1) is 13.9. The van der Waals surface area contributed by atoms with Gasteiger partial charge in [-0.05, 0) is 48.9 Å². The Bertz CT molecular complexity index is 675. The van der Waals surface area contributed by atoms with Crippen LogP contribution in [-0.2, 0) is 0 Å². The van der Waals surface area contributed by atoms with Gasteiger partial charge in [-0.15, -0.1) is 0 Å². The monoisotopic (exact) mass is 286 g/mol. The Morgan fingerprint density at radius 2 is 1.95 bits per heavy atom. The van der Waals surface area contributed by atoms with Crippen molar-refractivity contribution in [1.82, 2.24) is 0 Å². The van der Waals surface area contributed by atoms with Crippen molar-refractivity contribution in [1.29, 1.82) is 5.26 Å². The van der Waals surface area contributed by atoms with E-state index in [9.17, 15) is 4.79 Å². The summed E-state index contributed by atoms with van der Waals surface area (Å²) in [7, 11) is 0. The fraction of sp³-hybridized carbons (Fsp3) is 0.0667. The lowest BCUT2D eigenvalue weighted by Crippen LogP contribution is -2.16. The first-order chi connectivity index (χ1) is 9.58. The van der Waals surface area contributed by atoms with E-state index in [0.29, 0.717) is 22.0 Å². The highest BCUT2D eigenvalue weighted by Gasteiger charge is 2.06. The number of carbonyl (C=O) groups excluding carboxylic acids is 1. The first-order valence-electron chi connectivity index (χ1n) is 5.83. The zero-order chi connectivity index (χ0) is 14.5. The molecule has 2 rings (SSSR count). The second kappa shape index (κ2) is 6.09. The van der Waals surface area contributed by atoms with Gasteiger partial charge in [-0.25, -0.2) is 4.79 Å². The van der Waals surface area contributed by atoms with Gasteiger partial charge in [-0.1, -0.05) is 17.7 Å². The number of aryl methyl sites for hydroxylation is 1. The molecule has 1 N–H and O–H groups in total. The molecule has 0 spiro atoms. The SMILES string of the molecule is Cc1ccc(NC(=O)Oc2ccc(C#N)cc2)cc1Cl. The normalized spacial score (nSPS) is 9.65. The molecule has 0 aromatic heterocycles. The van der Waals surface area contributed by atoms with Gasteiger partial charge in [-0.2, -0.15) is 5.26 Å². The minimum Gasteiger partial charge on any atom is -0.410 e. The van der Waals surface area contributed by atoms with E-state index in [2.05, 4.69) is 5.32 Å². The third kappa shape index (κ3) is 3.50. The number of nitrogens with zero attached hydrogens (tertiary/aromatic N) is 1. The van der Waals surface area contributed by atoms with E-state index in [4.69, 9.17) is 21.6 Å². The first-order valence-corrected chi connectivity index (χ1v) is 6.21. The number of hydrogen-bond donors (Lipinski definition) is 1. The summed E-state index contributed by atoms with van der Waals surface area (Å²) in [5.74, 6) is 0.361. The number of rotatable bonds is 2. The molecule has 0 aliphatic rings. The zero-order valence-corrected chi connectivity index (χ0v) is 11.4. The summed E-state index contributed by atoms with van der Waals surface area (Å²) in [6, 6.07) is 13.4. The van der Waals surface area contributed by atoms with Crippen molar-refractivity contribution >= 4 is 23.4 Å². The molecule has 0 heterocycles. The maximum absolute atomic E-state index is 11.7. The summed E-state index contributed by atoms with van der Waals surface area (Å²) in [6.45, 7) is 1.88. The highest BCUT2D eigenvalue weighted by atomic mass is 35.5. The Balaban J connectivity index is 2.01. The molecule has 0 saturated heterocycles. The summed E-state index contributed by atoms with van der Waals surface area (Å²) in [5, 5.41) is 11.8. The van der Waals surface area contributed by atoms with E-state index >= 15 is 0 Å². The Morgan fingerprint density at radius 3 is 2.55 bits per heavy atom. The van der Waals surface area contributed by atoms with Crippen LogP contribution >= 0.6 is 11.6 Å². The summed E-state index contributed by atoms with van der Waals surface area (Å²) in [4.78, 5) is 11.7. The Morgan fingerprint density at radius 1 is 1.25 bits per heavy atom. The number of amides is 1. The van der Waals surface area contributed by atoms with Crippen LogP contribution in [0.15, 0.2) is 42.5 Å². The fourth-order valence-electron chi connectivity index (χ4n) is 1.52. The van der Waals surface area contributed by atoms with Crippen LogP contribution in [0.1, 0.15) is 11.1 Å². The molecule has 2 aromatic carbocycles. The highest BCUT2D eigenvalue weighted by molar-refractivity contribution is 6.31. The summed E-state index contributed by atoms with van der Waals surface area (Å²) < 4.78 is 5.09. The van der Waals surface area contributed by atoms with Crippen molar-refractivity contribution in [3.8, 4) is 11.8 Å². The number of anilines is 1. The maximum atomic E-state index is 11.7. The van der Waals surface area contributed by atoms with E-state index in [1.807, 2.05) is 13.0 Å². The van der Waals surface area contributed by atoms with E-state index < -0.39 is 6.09 Å². The molecule has 0 bridgehead atoms. The molecule has 0 atom stereocenters. The van der Waals surface area contributed by atoms with Crippen LogP contribution in [-0.4, -0.2) is 6.09 Å². The molecule has 5 heteroatoms. The van der Waals surface area contributed by atoms with Gasteiger partial charge in [0.15, 0.2) is 0 Å². The molecule has 1 amide bonds. The van der Waals surface area contributed by atoms with Crippen LogP contribution in [0, 0.1) is 18.3 Å². The summed E-state index contributed by atoms with van der Waals surface area (Å²) >= 11 is 5.97. The number of carbonyl (C=O) groups is 1. The number of halogens is 1. The Hall–Kier alpha value is -2.51. The van der Waals surface area contributed by atoms with E-state index in [1.165, 1.54) is 0 Å². The summed E-state index contributed by atoms with van der Waals surface area (Å²) in [5.41, 5.74) is 1.99. The van der Waals surface area contributed by atoms with Crippen LogP contribution in [0.3, 0.4) is 0 Å². The van der Waals surface area contributed by atoms with Crippen molar-refractivity contribution in [2.45, 2.75) is 6.92 Å². The molecule has 20 heavy (non-hydrogen) atoms. The number of nitrogens with one attached hydrogen (secondary N) is 1. The Kier molecular flexibility index (Phi) is 4.24. The topological polar surface area (TPSA) is 62.1 Å². The van der Waals surface area contributed by atoms with Crippen LogP contribution in [0.4, 0.5) is 10.5 Å². The van der Waals surface area contributed by atoms with Crippen LogP contribution in [0.25, 0.3) is 0 Å². The number of ether oxygens (including phenoxy) is 1. The predicted molar refractivity (Wildman–Crippen MR) is 77.0 cm³/mol. The van der Waals surface area contributed by atoms with Crippen molar-refractivity contribution in [2.24, 2.45) is 0 Å². The molecular weight excluding hydrogens is 276 g/mol. The van der Waals surface area contributed by atoms with Crippen LogP contribution in [0.2, 0.25) is 5.02 Å². The number of benzene rings is 2. The van der Waals surface area contributed by atoms with Gasteiger partial charge in [0, 0.05) is 10.7 Å². The molecular formula is C15H11ClN2O2. The summed E-state index contributed by atoms with van der Waals surface area (Å²) in [6.07, 6.45) is -0.616. The lowest BCUT2D eigenvalue weighted by molar-refractivity contribution is 0.215. The van der Waals surface area contributed by atoms with E-state index in [-0.39, 0.29) is 0 Å². The van der Waals surface area contributed by atoms with Gasteiger partial charge in [-0.3, -0.25) is 5.32 Å². The van der Waals surface area contributed by atoms with Crippen molar-refractivity contribution in [3.05, 3.63) is 58.6 Å². The standard InChI is InChI=1S/C15H11ClN2O2/c1-10-2-5-12(8-14(10)16)18-15(19)20-13-6-3-11(9-17)4-7-13/h2-8H,1H3,(H,18,19). The van der Waals surface area contributed by atoms with Gasteiger partial charge >= 0.3 is 6.09 Å². The highest BCUT2D eigenvalue weighted by Crippen LogP contribution is 2.20. The van der Waals surface area contributed by atoms with E-state index in [0.717, 1.165) is 5.56 Å². The molecule has 0 saturated carbocycles. The third-order valence-electron chi connectivity index (χ3n) is 2.61. The molecule has 0 aliphatic heterocycles. The smallest absolute Gasteiger partial charge is 0.410 e. The molecule has 0 radical (unpaired) electrons. The Labute approximate surface area is 121 Å². The zero-order valence-electron chi connectivity index (χ0n) is 10.7. The predicted octanol–water partition coefficient (Wildman–Crippen LogP) is 4.13. The average molecular weight is 287 g/mol. The lowest BCUT2D eigenvalue weighted by Gasteiger charge is -2.07. The van der Waals surface area contributed by atoms with Crippen molar-refractivity contribution in [2.75, 3.05) is 5.32 Å². The minimum atomic E-state index is -0.616. The fourth-order valence-corrected chi connectivity index (χ4v) is 1.70. The van der Waals surface area contributed by atoms with Crippen molar-refractivity contribution < 1.29 is 9.53 Å². The maximum Gasteiger partial charge on any atom is 0.417 e. The third-order valence-corrected chi connectivity index (χ3v) is 3.02. The van der Waals surface area contributed by atoms with Gasteiger partial charge in [0.25, 0.3) is 0 Å². The van der Waals surface area contributed by atoms with Crippen LogP contribution in [0.5, 0.6) is 5.75 Å². The van der Waals surface area contributed by atoms with Gasteiger partial charge < -0.3 is 4.74 Å². The molecule has 0 aliphatic carbocycles. The molecule has 100 valence electrons. The van der Waals surface area contributed by atoms with Crippen LogP contribution < -0.4 is 10.1 Å². The lowest BCUT2D eigenvalue weighted by atomic mass is 10.2. The molecule has 4 nitrogen and oxygen atoms in total. The largest absolute Gasteiger partial charge is 0.417 e. The van der Waals surface area contributed by atoms with Gasteiger partial charge in [0.2, 0.25) is 0 Å². The second-order valence-electron chi connectivity index (χ2n) is 4.11. The molecule has 0 unspecified atom stereocenters. The van der Waals surface area contributed by atoms with Gasteiger partial charge in [0.1, 0.15) is 5.75 Å². The van der Waals surface area contributed by atoms with E-state index in [1.54, 1.807) is 42.5 Å². The molecule has 0 fully saturated rings. The molecule has 2 aromatic rings. The van der Waals surface area contributed by atoms with Gasteiger partial charge in [0.05, 0.1) is 11.6 Å². The second-order valence-corrected chi connectivity index (χ2v) is 4.52.